The Kier molecular flexibility index (Phi) is 6.22. The second kappa shape index (κ2) is 9.55. The van der Waals surface area contributed by atoms with Gasteiger partial charge in [0.05, 0.1) is 28.6 Å². The first-order valence-electron chi connectivity index (χ1n) is 13.0. The number of halogens is 3. The second-order valence-corrected chi connectivity index (χ2v) is 10.8. The van der Waals surface area contributed by atoms with Gasteiger partial charge < -0.3 is 19.7 Å². The highest BCUT2D eigenvalue weighted by Gasteiger charge is 2.54. The highest BCUT2D eigenvalue weighted by molar-refractivity contribution is 5.96. The fourth-order valence-electron chi connectivity index (χ4n) is 6.18. The van der Waals surface area contributed by atoms with Gasteiger partial charge in [0.15, 0.2) is 5.82 Å². The van der Waals surface area contributed by atoms with Gasteiger partial charge in [-0.15, -0.1) is 0 Å². The van der Waals surface area contributed by atoms with Crippen molar-refractivity contribution < 1.29 is 27.8 Å². The molecule has 2 aromatic carbocycles. The van der Waals surface area contributed by atoms with E-state index in [1.807, 2.05) is 4.57 Å². The third-order valence-electron chi connectivity index (χ3n) is 7.91. The fourth-order valence-corrected chi connectivity index (χ4v) is 6.18. The van der Waals surface area contributed by atoms with Gasteiger partial charge in [-0.3, -0.25) is 4.79 Å². The Bertz CT molecular complexity index is 1720. The molecule has 0 bridgehead atoms. The largest absolute Gasteiger partial charge is 0.434 e. The van der Waals surface area contributed by atoms with Crippen LogP contribution in [-0.2, 0) is 12.0 Å². The van der Waals surface area contributed by atoms with Gasteiger partial charge in [0.25, 0.3) is 5.91 Å². The molecule has 0 spiro atoms. The van der Waals surface area contributed by atoms with Gasteiger partial charge in [0.1, 0.15) is 23.0 Å². The molecule has 6 rings (SSSR count). The van der Waals surface area contributed by atoms with Crippen LogP contribution in [0.15, 0.2) is 42.7 Å². The van der Waals surface area contributed by atoms with Crippen LogP contribution < -0.4 is 10.1 Å². The fraction of sp³-hybridized carbons (Fsp3) is 0.345. The molecule has 2 N–H and O–H groups in total. The van der Waals surface area contributed by atoms with Crippen molar-refractivity contribution in [1.29, 1.82) is 5.26 Å². The molecule has 1 fully saturated rings. The molecular formula is C29H25F3N6O3. The van der Waals surface area contributed by atoms with E-state index in [9.17, 15) is 23.9 Å². The van der Waals surface area contributed by atoms with E-state index >= 15 is 4.39 Å². The van der Waals surface area contributed by atoms with E-state index < -0.39 is 35.4 Å². The molecule has 41 heavy (non-hydrogen) atoms. The number of nitrogens with zero attached hydrogens (tertiary/aromatic N) is 5. The molecule has 0 radical (unpaired) electrons. The average molecular weight is 563 g/mol. The lowest BCUT2D eigenvalue weighted by Crippen LogP contribution is -2.48. The standard InChI is InChI=1S/C29H25F3N6O3/c1-28(14-33)12-29(40,13-28)26-35-10-15(11-36-26)17-8-21-19(9-18(17)30)37-23-7-6-20(38(21)23)24-16(25(39)34-2)4-3-5-22(24)41-27(31)32/h3-5,8-11,20,27,40H,6-7,12-13H2,1-2H3,(H,34,39)/t20-,28-,29+/m1/s1. The van der Waals surface area contributed by atoms with E-state index in [0.717, 1.165) is 0 Å². The Hall–Kier alpha value is -4.50. The van der Waals surface area contributed by atoms with Crippen molar-refractivity contribution in [3.8, 4) is 22.9 Å². The number of nitrogens with one attached hydrogen (secondary N) is 1. The third kappa shape index (κ3) is 4.37. The number of aliphatic hydroxyl groups is 1. The van der Waals surface area contributed by atoms with E-state index in [2.05, 4.69) is 26.3 Å². The van der Waals surface area contributed by atoms with Crippen molar-refractivity contribution in [3.63, 3.8) is 0 Å². The molecule has 1 amide bonds. The zero-order chi connectivity index (χ0) is 29.1. The molecule has 1 saturated carbocycles. The molecule has 12 heteroatoms. The minimum Gasteiger partial charge on any atom is -0.434 e. The highest BCUT2D eigenvalue weighted by Crippen LogP contribution is 2.52. The summed E-state index contributed by atoms with van der Waals surface area (Å²) in [6.45, 7) is -1.34. The number of imidazole rings is 1. The first kappa shape index (κ1) is 26.7. The van der Waals surface area contributed by atoms with Crippen molar-refractivity contribution in [2.45, 2.75) is 50.9 Å². The average Bonchev–Trinajstić information content (AvgIpc) is 3.50. The predicted molar refractivity (Wildman–Crippen MR) is 140 cm³/mol. The minimum absolute atomic E-state index is 0.117. The van der Waals surface area contributed by atoms with E-state index in [1.54, 1.807) is 19.1 Å². The smallest absolute Gasteiger partial charge is 0.387 e. The topological polar surface area (TPSA) is 126 Å². The molecular weight excluding hydrogens is 537 g/mol. The van der Waals surface area contributed by atoms with Crippen LogP contribution in [0.1, 0.15) is 59.8 Å². The SMILES string of the molecule is CNC(=O)c1cccc(OC(F)F)c1[C@H]1CCc2nc3cc(F)c(-c4cnc([C@]5(O)C[C@@](C)(C#N)C5)nc4)cc3n21. The number of carbonyl (C=O) groups excluding carboxylic acids is 1. The summed E-state index contributed by atoms with van der Waals surface area (Å²) in [5.74, 6) is -0.346. The summed E-state index contributed by atoms with van der Waals surface area (Å²) < 4.78 is 48.6. The molecule has 3 heterocycles. The van der Waals surface area contributed by atoms with Crippen molar-refractivity contribution in [1.82, 2.24) is 24.8 Å². The van der Waals surface area contributed by atoms with Crippen LogP contribution in [-0.4, -0.2) is 44.2 Å². The summed E-state index contributed by atoms with van der Waals surface area (Å²) in [5, 5.41) is 22.6. The number of aromatic nitrogens is 4. The summed E-state index contributed by atoms with van der Waals surface area (Å²) in [7, 11) is 1.45. The molecule has 4 aromatic rings. The Balaban J connectivity index is 1.42. The number of hydrogen-bond donors (Lipinski definition) is 2. The van der Waals surface area contributed by atoms with Gasteiger partial charge in [-0.25, -0.2) is 19.3 Å². The van der Waals surface area contributed by atoms with Crippen LogP contribution in [0.4, 0.5) is 13.2 Å². The molecule has 2 aromatic heterocycles. The number of nitriles is 1. The van der Waals surface area contributed by atoms with E-state index in [0.29, 0.717) is 40.8 Å². The summed E-state index contributed by atoms with van der Waals surface area (Å²) in [5.41, 5.74) is -0.0259. The van der Waals surface area contributed by atoms with Crippen molar-refractivity contribution in [2.75, 3.05) is 7.05 Å². The van der Waals surface area contributed by atoms with Crippen LogP contribution in [0.3, 0.4) is 0 Å². The normalized spacial score (nSPS) is 23.2. The molecule has 2 aliphatic rings. The Labute approximate surface area is 232 Å². The lowest BCUT2D eigenvalue weighted by atomic mass is 9.60. The Morgan fingerprint density at radius 3 is 2.66 bits per heavy atom. The van der Waals surface area contributed by atoms with Gasteiger partial charge in [0.2, 0.25) is 0 Å². The van der Waals surface area contributed by atoms with E-state index in [4.69, 9.17) is 4.74 Å². The second-order valence-electron chi connectivity index (χ2n) is 10.8. The summed E-state index contributed by atoms with van der Waals surface area (Å²) in [4.78, 5) is 25.9. The number of hydrogen-bond acceptors (Lipinski definition) is 7. The van der Waals surface area contributed by atoms with Gasteiger partial charge in [-0.2, -0.15) is 14.0 Å². The molecule has 9 nitrogen and oxygen atoms in total. The van der Waals surface area contributed by atoms with Crippen molar-refractivity contribution in [2.24, 2.45) is 5.41 Å². The van der Waals surface area contributed by atoms with Crippen molar-refractivity contribution in [3.05, 3.63) is 71.3 Å². The highest BCUT2D eigenvalue weighted by atomic mass is 19.3. The van der Waals surface area contributed by atoms with E-state index in [-0.39, 0.29) is 35.5 Å². The Morgan fingerprint density at radius 2 is 2.00 bits per heavy atom. The lowest BCUT2D eigenvalue weighted by Gasteiger charge is -2.46. The van der Waals surface area contributed by atoms with Gasteiger partial charge in [-0.05, 0) is 31.5 Å². The molecule has 1 atom stereocenters. The van der Waals surface area contributed by atoms with Crippen molar-refractivity contribution >= 4 is 16.9 Å². The maximum absolute atomic E-state index is 15.3. The van der Waals surface area contributed by atoms with E-state index in [1.165, 1.54) is 37.6 Å². The van der Waals surface area contributed by atoms with Gasteiger partial charge in [0, 0.05) is 67.0 Å². The number of alkyl halides is 2. The first-order valence-corrected chi connectivity index (χ1v) is 13.0. The van der Waals surface area contributed by atoms with Crippen LogP contribution in [0, 0.1) is 22.6 Å². The first-order chi connectivity index (χ1) is 19.6. The third-order valence-corrected chi connectivity index (χ3v) is 7.91. The molecule has 1 aliphatic heterocycles. The number of aryl methyl sites for hydroxylation is 1. The minimum atomic E-state index is -3.09. The number of rotatable bonds is 6. The quantitative estimate of drug-likeness (QED) is 0.351. The number of carbonyl (C=O) groups is 1. The molecule has 0 saturated heterocycles. The zero-order valence-corrected chi connectivity index (χ0v) is 22.2. The molecule has 0 unspecified atom stereocenters. The van der Waals surface area contributed by atoms with Crippen LogP contribution in [0.25, 0.3) is 22.2 Å². The van der Waals surface area contributed by atoms with Gasteiger partial charge >= 0.3 is 6.61 Å². The summed E-state index contributed by atoms with van der Waals surface area (Å²) >= 11 is 0. The molecule has 1 aliphatic carbocycles. The maximum atomic E-state index is 15.3. The summed E-state index contributed by atoms with van der Waals surface area (Å²) in [6.07, 6.45) is 4.19. The number of ether oxygens (including phenoxy) is 1. The zero-order valence-electron chi connectivity index (χ0n) is 22.2. The Morgan fingerprint density at radius 1 is 1.27 bits per heavy atom. The predicted octanol–water partition coefficient (Wildman–Crippen LogP) is 4.64. The van der Waals surface area contributed by atoms with Crippen LogP contribution in [0.5, 0.6) is 5.75 Å². The van der Waals surface area contributed by atoms with Gasteiger partial charge in [-0.1, -0.05) is 6.07 Å². The number of amides is 1. The van der Waals surface area contributed by atoms with Crippen LogP contribution >= 0.6 is 0 Å². The maximum Gasteiger partial charge on any atom is 0.387 e. The van der Waals surface area contributed by atoms with Crippen LogP contribution in [0.2, 0.25) is 0 Å². The lowest BCUT2D eigenvalue weighted by molar-refractivity contribution is -0.109. The number of benzene rings is 2. The number of fused-ring (bicyclic) bond motifs is 3. The monoisotopic (exact) mass is 562 g/mol. The summed E-state index contributed by atoms with van der Waals surface area (Å²) in [6, 6.07) is 8.91. The molecule has 210 valence electrons.